The van der Waals surface area contributed by atoms with E-state index >= 15 is 0 Å². The van der Waals surface area contributed by atoms with E-state index in [1.54, 1.807) is 7.11 Å². The van der Waals surface area contributed by atoms with Gasteiger partial charge in [0, 0.05) is 6.54 Å². The van der Waals surface area contributed by atoms with E-state index in [4.69, 9.17) is 4.74 Å². The third-order valence-electron chi connectivity index (χ3n) is 3.65. The first kappa shape index (κ1) is 11.3. The van der Waals surface area contributed by atoms with E-state index in [0.717, 1.165) is 12.3 Å². The summed E-state index contributed by atoms with van der Waals surface area (Å²) in [6.07, 6.45) is 0. The van der Waals surface area contributed by atoms with Gasteiger partial charge in [0.05, 0.1) is 13.2 Å². The lowest BCUT2D eigenvalue weighted by Gasteiger charge is -2.15. The van der Waals surface area contributed by atoms with E-state index in [1.165, 1.54) is 22.3 Å². The molecular formula is C16H17NO. The van der Waals surface area contributed by atoms with Crippen molar-refractivity contribution >= 4 is 0 Å². The van der Waals surface area contributed by atoms with Crippen molar-refractivity contribution in [1.82, 2.24) is 5.32 Å². The second kappa shape index (κ2) is 4.46. The lowest BCUT2D eigenvalue weighted by atomic mass is 9.94. The van der Waals surface area contributed by atoms with Crippen LogP contribution < -0.4 is 10.1 Å². The van der Waals surface area contributed by atoms with Crippen molar-refractivity contribution in [3.8, 4) is 5.75 Å². The zero-order valence-corrected chi connectivity index (χ0v) is 10.7. The molecule has 1 N–H and O–H groups in total. The van der Waals surface area contributed by atoms with E-state index in [0.29, 0.717) is 6.04 Å². The maximum absolute atomic E-state index is 5.20. The fourth-order valence-electron chi connectivity index (χ4n) is 2.70. The van der Waals surface area contributed by atoms with Crippen LogP contribution in [0.5, 0.6) is 5.75 Å². The third kappa shape index (κ3) is 1.79. The van der Waals surface area contributed by atoms with Gasteiger partial charge in [0.2, 0.25) is 0 Å². The minimum Gasteiger partial charge on any atom is -0.497 e. The molecule has 1 atom stereocenters. The van der Waals surface area contributed by atoms with Crippen LogP contribution in [0.3, 0.4) is 0 Å². The Morgan fingerprint density at radius 2 is 1.89 bits per heavy atom. The van der Waals surface area contributed by atoms with Crippen molar-refractivity contribution in [1.29, 1.82) is 0 Å². The van der Waals surface area contributed by atoms with Gasteiger partial charge >= 0.3 is 0 Å². The minimum atomic E-state index is 0.312. The van der Waals surface area contributed by atoms with E-state index in [9.17, 15) is 0 Å². The summed E-state index contributed by atoms with van der Waals surface area (Å²) < 4.78 is 5.20. The fourth-order valence-corrected chi connectivity index (χ4v) is 2.70. The molecule has 1 unspecified atom stereocenters. The molecule has 0 radical (unpaired) electrons. The number of hydrogen-bond donors (Lipinski definition) is 1. The number of nitrogens with one attached hydrogen (secondary N) is 1. The molecule has 3 rings (SSSR count). The highest BCUT2D eigenvalue weighted by Crippen LogP contribution is 2.33. The van der Waals surface area contributed by atoms with Crippen molar-refractivity contribution in [3.05, 3.63) is 64.7 Å². The van der Waals surface area contributed by atoms with Crippen LogP contribution in [0.4, 0.5) is 0 Å². The Bertz CT molecular complexity index is 560. The van der Waals surface area contributed by atoms with Gasteiger partial charge in [-0.1, -0.05) is 30.3 Å². The van der Waals surface area contributed by atoms with Gasteiger partial charge in [-0.3, -0.25) is 0 Å². The van der Waals surface area contributed by atoms with Crippen LogP contribution in [0.2, 0.25) is 0 Å². The first-order valence-corrected chi connectivity index (χ1v) is 6.25. The van der Waals surface area contributed by atoms with Crippen molar-refractivity contribution < 1.29 is 4.74 Å². The predicted molar refractivity (Wildman–Crippen MR) is 72.9 cm³/mol. The van der Waals surface area contributed by atoms with E-state index in [-0.39, 0.29) is 0 Å². The summed E-state index contributed by atoms with van der Waals surface area (Å²) >= 11 is 0. The zero-order chi connectivity index (χ0) is 12.5. The Kier molecular flexibility index (Phi) is 2.80. The standard InChI is InChI=1S/C16H17NO/c1-11-4-3-5-13-10-17-16(15(11)13)12-6-8-14(18-2)9-7-12/h3-9,16-17H,10H2,1-2H3. The van der Waals surface area contributed by atoms with Gasteiger partial charge in [-0.25, -0.2) is 0 Å². The highest BCUT2D eigenvalue weighted by molar-refractivity contribution is 5.46. The highest BCUT2D eigenvalue weighted by Gasteiger charge is 2.24. The van der Waals surface area contributed by atoms with Gasteiger partial charge in [0.1, 0.15) is 5.75 Å². The van der Waals surface area contributed by atoms with Crippen molar-refractivity contribution in [2.75, 3.05) is 7.11 Å². The molecule has 1 aliphatic heterocycles. The molecule has 0 spiro atoms. The van der Waals surface area contributed by atoms with E-state index in [2.05, 4.69) is 42.6 Å². The molecule has 0 saturated carbocycles. The normalized spacial score (nSPS) is 17.6. The van der Waals surface area contributed by atoms with Gasteiger partial charge in [0.25, 0.3) is 0 Å². The molecule has 2 aromatic carbocycles. The summed E-state index contributed by atoms with van der Waals surface area (Å²) in [6.45, 7) is 3.13. The van der Waals surface area contributed by atoms with Gasteiger partial charge < -0.3 is 10.1 Å². The van der Waals surface area contributed by atoms with Gasteiger partial charge in [0.15, 0.2) is 0 Å². The smallest absolute Gasteiger partial charge is 0.118 e. The summed E-state index contributed by atoms with van der Waals surface area (Å²) in [5.74, 6) is 0.904. The van der Waals surface area contributed by atoms with Crippen LogP contribution in [0.15, 0.2) is 42.5 Å². The highest BCUT2D eigenvalue weighted by atomic mass is 16.5. The molecule has 0 amide bonds. The monoisotopic (exact) mass is 239 g/mol. The maximum atomic E-state index is 5.20. The molecule has 0 fully saturated rings. The van der Waals surface area contributed by atoms with Crippen LogP contribution >= 0.6 is 0 Å². The van der Waals surface area contributed by atoms with Gasteiger partial charge in [-0.05, 0) is 41.3 Å². The maximum Gasteiger partial charge on any atom is 0.118 e. The van der Waals surface area contributed by atoms with Gasteiger partial charge in [-0.15, -0.1) is 0 Å². The van der Waals surface area contributed by atoms with Crippen LogP contribution in [0.1, 0.15) is 28.3 Å². The molecule has 0 aliphatic carbocycles. The van der Waals surface area contributed by atoms with Crippen LogP contribution in [-0.4, -0.2) is 7.11 Å². The lowest BCUT2D eigenvalue weighted by molar-refractivity contribution is 0.414. The van der Waals surface area contributed by atoms with Crippen molar-refractivity contribution in [2.24, 2.45) is 0 Å². The fraction of sp³-hybridized carbons (Fsp3) is 0.250. The molecule has 18 heavy (non-hydrogen) atoms. The van der Waals surface area contributed by atoms with E-state index < -0.39 is 0 Å². The SMILES string of the molecule is COc1ccc(C2NCc3cccc(C)c32)cc1. The topological polar surface area (TPSA) is 21.3 Å². The average Bonchev–Trinajstić information content (AvgIpc) is 2.84. The number of benzene rings is 2. The summed E-state index contributed by atoms with van der Waals surface area (Å²) in [5.41, 5.74) is 5.50. The van der Waals surface area contributed by atoms with E-state index in [1.807, 2.05) is 12.1 Å². The molecule has 0 saturated heterocycles. The summed E-state index contributed by atoms with van der Waals surface area (Å²) in [5, 5.41) is 3.58. The third-order valence-corrected chi connectivity index (χ3v) is 3.65. The quantitative estimate of drug-likeness (QED) is 0.869. The number of fused-ring (bicyclic) bond motifs is 1. The average molecular weight is 239 g/mol. The van der Waals surface area contributed by atoms with Crippen LogP contribution in [0, 0.1) is 6.92 Å². The van der Waals surface area contributed by atoms with Crippen molar-refractivity contribution in [2.45, 2.75) is 19.5 Å². The molecule has 1 heterocycles. The summed E-state index contributed by atoms with van der Waals surface area (Å²) in [4.78, 5) is 0. The Labute approximate surface area is 108 Å². The summed E-state index contributed by atoms with van der Waals surface area (Å²) in [7, 11) is 1.70. The number of methoxy groups -OCH3 is 1. The first-order chi connectivity index (χ1) is 8.79. The number of ether oxygens (including phenoxy) is 1. The Morgan fingerprint density at radius 1 is 1.11 bits per heavy atom. The molecule has 0 aromatic heterocycles. The molecule has 1 aliphatic rings. The second-order valence-electron chi connectivity index (χ2n) is 4.73. The zero-order valence-electron chi connectivity index (χ0n) is 10.7. The minimum absolute atomic E-state index is 0.312. The largest absolute Gasteiger partial charge is 0.497 e. The van der Waals surface area contributed by atoms with Gasteiger partial charge in [-0.2, -0.15) is 0 Å². The second-order valence-corrected chi connectivity index (χ2v) is 4.73. The molecule has 2 aromatic rings. The molecule has 2 nitrogen and oxygen atoms in total. The van der Waals surface area contributed by atoms with Crippen molar-refractivity contribution in [3.63, 3.8) is 0 Å². The Morgan fingerprint density at radius 3 is 2.61 bits per heavy atom. The Hall–Kier alpha value is -1.80. The lowest BCUT2D eigenvalue weighted by Crippen LogP contribution is -2.13. The summed E-state index contributed by atoms with van der Waals surface area (Å²) in [6, 6.07) is 15.1. The number of aryl methyl sites for hydroxylation is 1. The Balaban J connectivity index is 2.00. The molecule has 2 heteroatoms. The number of hydrogen-bond acceptors (Lipinski definition) is 2. The molecule has 92 valence electrons. The van der Waals surface area contributed by atoms with Crippen LogP contribution in [0.25, 0.3) is 0 Å². The predicted octanol–water partition coefficient (Wildman–Crippen LogP) is 3.20. The molecular weight excluding hydrogens is 222 g/mol. The van der Waals surface area contributed by atoms with Crippen LogP contribution in [-0.2, 0) is 6.54 Å². The molecule has 0 bridgehead atoms. The number of rotatable bonds is 2. The first-order valence-electron chi connectivity index (χ1n) is 6.25.